The lowest BCUT2D eigenvalue weighted by molar-refractivity contribution is 0.0698. The molecule has 3 aromatic carbocycles. The van der Waals surface area contributed by atoms with E-state index in [4.69, 9.17) is 0 Å². The van der Waals surface area contributed by atoms with Crippen molar-refractivity contribution in [3.63, 3.8) is 0 Å². The molecule has 1 saturated heterocycles. The molecular formula is C24H25N3O5S2. The van der Waals surface area contributed by atoms with Gasteiger partial charge in [0.05, 0.1) is 15.5 Å². The van der Waals surface area contributed by atoms with Crippen LogP contribution in [-0.2, 0) is 20.0 Å². The van der Waals surface area contributed by atoms with Crippen molar-refractivity contribution in [3.05, 3.63) is 90.5 Å². The molecule has 178 valence electrons. The van der Waals surface area contributed by atoms with Crippen LogP contribution < -0.4 is 4.31 Å². The van der Waals surface area contributed by atoms with Crippen LogP contribution in [0.2, 0.25) is 0 Å². The first-order chi connectivity index (χ1) is 16.2. The van der Waals surface area contributed by atoms with E-state index in [1.54, 1.807) is 77.7 Å². The number of hydrogen-bond donors (Lipinski definition) is 0. The fourth-order valence-corrected chi connectivity index (χ4v) is 6.42. The minimum Gasteiger partial charge on any atom is -0.336 e. The Hall–Kier alpha value is -3.21. The Bertz CT molecular complexity index is 1350. The fourth-order valence-electron chi connectivity index (χ4n) is 3.76. The van der Waals surface area contributed by atoms with Crippen LogP contribution in [0.4, 0.5) is 5.69 Å². The van der Waals surface area contributed by atoms with Crippen LogP contribution >= 0.6 is 0 Å². The maximum absolute atomic E-state index is 13.0. The maximum atomic E-state index is 13.0. The summed E-state index contributed by atoms with van der Waals surface area (Å²) in [5, 5.41) is 0. The second-order valence-electron chi connectivity index (χ2n) is 7.84. The zero-order valence-electron chi connectivity index (χ0n) is 18.6. The van der Waals surface area contributed by atoms with E-state index in [9.17, 15) is 21.6 Å². The summed E-state index contributed by atoms with van der Waals surface area (Å²) in [7, 11) is -5.84. The van der Waals surface area contributed by atoms with Gasteiger partial charge in [-0.1, -0.05) is 36.4 Å². The summed E-state index contributed by atoms with van der Waals surface area (Å²) >= 11 is 0. The Morgan fingerprint density at radius 2 is 1.21 bits per heavy atom. The summed E-state index contributed by atoms with van der Waals surface area (Å²) in [5.41, 5.74) is 0.841. The minimum atomic E-state index is -3.71. The standard InChI is InChI=1S/C24H25N3O5S2/c1-25(33(29,30)22-8-4-2-5-9-22)21-14-12-20(13-15-21)24(28)26-16-18-27(19-17-26)34(31,32)23-10-6-3-7-11-23/h2-15H,16-19H2,1H3. The van der Waals surface area contributed by atoms with Gasteiger partial charge in [-0.2, -0.15) is 4.31 Å². The minimum absolute atomic E-state index is 0.181. The van der Waals surface area contributed by atoms with Gasteiger partial charge in [-0.05, 0) is 48.5 Å². The molecular weight excluding hydrogens is 474 g/mol. The van der Waals surface area contributed by atoms with Crippen molar-refractivity contribution < 1.29 is 21.6 Å². The summed E-state index contributed by atoms with van der Waals surface area (Å²) in [6, 6.07) is 22.7. The molecule has 1 aliphatic rings. The van der Waals surface area contributed by atoms with Gasteiger partial charge in [-0.25, -0.2) is 16.8 Å². The van der Waals surface area contributed by atoms with Gasteiger partial charge >= 0.3 is 0 Å². The molecule has 4 rings (SSSR count). The van der Waals surface area contributed by atoms with E-state index < -0.39 is 20.0 Å². The van der Waals surface area contributed by atoms with Crippen LogP contribution in [0.25, 0.3) is 0 Å². The average molecular weight is 500 g/mol. The third-order valence-corrected chi connectivity index (χ3v) is 9.50. The van der Waals surface area contributed by atoms with Crippen LogP contribution in [0.1, 0.15) is 10.4 Å². The van der Waals surface area contributed by atoms with Gasteiger partial charge in [0.15, 0.2) is 0 Å². The summed E-state index contributed by atoms with van der Waals surface area (Å²) in [6.45, 7) is 0.960. The molecule has 0 spiro atoms. The molecule has 10 heteroatoms. The maximum Gasteiger partial charge on any atom is 0.264 e. The molecule has 0 atom stereocenters. The highest BCUT2D eigenvalue weighted by atomic mass is 32.2. The Labute approximate surface area is 200 Å². The highest BCUT2D eigenvalue weighted by molar-refractivity contribution is 7.92. The van der Waals surface area contributed by atoms with Crippen molar-refractivity contribution in [3.8, 4) is 0 Å². The Morgan fingerprint density at radius 3 is 1.74 bits per heavy atom. The summed E-state index contributed by atoms with van der Waals surface area (Å²) < 4.78 is 53.8. The van der Waals surface area contributed by atoms with Crippen LogP contribution in [0.15, 0.2) is 94.7 Å². The topological polar surface area (TPSA) is 95.1 Å². The highest BCUT2D eigenvalue weighted by Crippen LogP contribution is 2.23. The number of benzene rings is 3. The normalized spacial score (nSPS) is 15.1. The number of rotatable bonds is 6. The molecule has 0 aromatic heterocycles. The van der Waals surface area contributed by atoms with Crippen molar-refractivity contribution in [2.45, 2.75) is 9.79 Å². The van der Waals surface area contributed by atoms with Crippen LogP contribution in [0.3, 0.4) is 0 Å². The van der Waals surface area contributed by atoms with Gasteiger partial charge in [0.2, 0.25) is 10.0 Å². The first-order valence-electron chi connectivity index (χ1n) is 10.7. The summed E-state index contributed by atoms with van der Waals surface area (Å²) in [6.07, 6.45) is 0. The zero-order chi connectivity index (χ0) is 24.3. The van der Waals surface area contributed by atoms with E-state index in [-0.39, 0.29) is 41.9 Å². The largest absolute Gasteiger partial charge is 0.336 e. The first-order valence-corrected chi connectivity index (χ1v) is 13.6. The number of nitrogens with zero attached hydrogens (tertiary/aromatic N) is 3. The molecule has 0 N–H and O–H groups in total. The Morgan fingerprint density at radius 1 is 0.706 bits per heavy atom. The van der Waals surface area contributed by atoms with Crippen LogP contribution in [-0.4, -0.2) is 65.2 Å². The van der Waals surface area contributed by atoms with E-state index in [1.165, 1.54) is 27.8 Å². The smallest absolute Gasteiger partial charge is 0.264 e. The number of carbonyl (C=O) groups excluding carboxylic acids is 1. The summed E-state index contributed by atoms with van der Waals surface area (Å²) in [4.78, 5) is 15.0. The number of anilines is 1. The zero-order valence-corrected chi connectivity index (χ0v) is 20.2. The van der Waals surface area contributed by atoms with E-state index in [1.807, 2.05) is 0 Å². The van der Waals surface area contributed by atoms with Crippen molar-refractivity contribution in [2.24, 2.45) is 0 Å². The lowest BCUT2D eigenvalue weighted by atomic mass is 10.1. The van der Waals surface area contributed by atoms with Crippen LogP contribution in [0, 0.1) is 0 Å². The number of carbonyl (C=O) groups is 1. The SMILES string of the molecule is CN(c1ccc(C(=O)N2CCN(S(=O)(=O)c3ccccc3)CC2)cc1)S(=O)(=O)c1ccccc1. The molecule has 0 aliphatic carbocycles. The molecule has 0 saturated carbocycles. The molecule has 1 amide bonds. The van der Waals surface area contributed by atoms with Gasteiger partial charge in [0.1, 0.15) is 0 Å². The number of sulfonamides is 2. The molecule has 1 heterocycles. The molecule has 0 unspecified atom stereocenters. The van der Waals surface area contributed by atoms with Gasteiger partial charge in [0, 0.05) is 38.8 Å². The lowest BCUT2D eigenvalue weighted by Gasteiger charge is -2.34. The van der Waals surface area contributed by atoms with Crippen molar-refractivity contribution >= 4 is 31.6 Å². The molecule has 0 radical (unpaired) electrons. The van der Waals surface area contributed by atoms with E-state index in [2.05, 4.69) is 0 Å². The van der Waals surface area contributed by atoms with Crippen molar-refractivity contribution in [2.75, 3.05) is 37.5 Å². The molecule has 34 heavy (non-hydrogen) atoms. The second kappa shape index (κ2) is 9.57. The number of amides is 1. The second-order valence-corrected chi connectivity index (χ2v) is 11.7. The molecule has 1 aliphatic heterocycles. The number of hydrogen-bond acceptors (Lipinski definition) is 5. The van der Waals surface area contributed by atoms with Crippen LogP contribution in [0.5, 0.6) is 0 Å². The van der Waals surface area contributed by atoms with Crippen molar-refractivity contribution in [1.29, 1.82) is 0 Å². The quantitative estimate of drug-likeness (QED) is 0.520. The third kappa shape index (κ3) is 4.70. The van der Waals surface area contributed by atoms with Gasteiger partial charge in [-0.3, -0.25) is 9.10 Å². The highest BCUT2D eigenvalue weighted by Gasteiger charge is 2.30. The average Bonchev–Trinajstić information content (AvgIpc) is 2.89. The van der Waals surface area contributed by atoms with Gasteiger partial charge < -0.3 is 4.90 Å². The molecule has 3 aromatic rings. The fraction of sp³-hybridized carbons (Fsp3) is 0.208. The first kappa shape index (κ1) is 23.9. The molecule has 8 nitrogen and oxygen atoms in total. The molecule has 1 fully saturated rings. The molecule has 0 bridgehead atoms. The summed E-state index contributed by atoms with van der Waals surface area (Å²) in [5.74, 6) is -0.225. The predicted molar refractivity (Wildman–Crippen MR) is 130 cm³/mol. The lowest BCUT2D eigenvalue weighted by Crippen LogP contribution is -2.50. The predicted octanol–water partition coefficient (Wildman–Crippen LogP) is 2.66. The van der Waals surface area contributed by atoms with E-state index in [0.717, 1.165) is 0 Å². The van der Waals surface area contributed by atoms with Gasteiger partial charge in [0.25, 0.3) is 15.9 Å². The Balaban J connectivity index is 1.42. The van der Waals surface area contributed by atoms with Gasteiger partial charge in [-0.15, -0.1) is 0 Å². The van der Waals surface area contributed by atoms with E-state index >= 15 is 0 Å². The Kier molecular flexibility index (Phi) is 6.74. The number of piperazine rings is 1. The van der Waals surface area contributed by atoms with E-state index in [0.29, 0.717) is 11.3 Å². The van der Waals surface area contributed by atoms with Crippen molar-refractivity contribution in [1.82, 2.24) is 9.21 Å². The third-order valence-electron chi connectivity index (χ3n) is 5.79. The monoisotopic (exact) mass is 499 g/mol.